The number of benzene rings is 1. The summed E-state index contributed by atoms with van der Waals surface area (Å²) in [6.07, 6.45) is 4.60. The van der Waals surface area contributed by atoms with E-state index in [1.807, 2.05) is 25.1 Å². The first-order valence-corrected chi connectivity index (χ1v) is 9.67. The van der Waals surface area contributed by atoms with Crippen LogP contribution >= 0.6 is 0 Å². The van der Waals surface area contributed by atoms with E-state index in [1.165, 1.54) is 19.8 Å². The molecule has 0 saturated carbocycles. The van der Waals surface area contributed by atoms with Crippen molar-refractivity contribution in [2.75, 3.05) is 11.9 Å². The molecular formula is C21H30N4O2. The molecule has 0 aliphatic heterocycles. The molecule has 0 aliphatic carbocycles. The fourth-order valence-corrected chi connectivity index (χ4v) is 3.00. The summed E-state index contributed by atoms with van der Waals surface area (Å²) >= 11 is 0. The molecule has 27 heavy (non-hydrogen) atoms. The molecule has 0 fully saturated rings. The van der Waals surface area contributed by atoms with Crippen molar-refractivity contribution in [2.45, 2.75) is 53.4 Å². The molecule has 2 N–H and O–H groups in total. The molecule has 1 aromatic heterocycles. The lowest BCUT2D eigenvalue weighted by Gasteiger charge is -2.15. The highest BCUT2D eigenvalue weighted by atomic mass is 16.2. The second kappa shape index (κ2) is 9.90. The predicted molar refractivity (Wildman–Crippen MR) is 108 cm³/mol. The van der Waals surface area contributed by atoms with E-state index in [0.29, 0.717) is 23.8 Å². The maximum Gasteiger partial charge on any atom is 0.251 e. The molecule has 146 valence electrons. The number of nitrogens with one attached hydrogen (secondary N) is 2. The Morgan fingerprint density at radius 3 is 2.48 bits per heavy atom. The van der Waals surface area contributed by atoms with Crippen molar-refractivity contribution in [2.24, 2.45) is 5.92 Å². The monoisotopic (exact) mass is 370 g/mol. The van der Waals surface area contributed by atoms with Gasteiger partial charge >= 0.3 is 0 Å². The van der Waals surface area contributed by atoms with Gasteiger partial charge in [-0.1, -0.05) is 33.1 Å². The van der Waals surface area contributed by atoms with Crippen LogP contribution in [-0.4, -0.2) is 28.1 Å². The summed E-state index contributed by atoms with van der Waals surface area (Å²) in [4.78, 5) is 23.8. The Kier molecular flexibility index (Phi) is 7.58. The van der Waals surface area contributed by atoms with E-state index >= 15 is 0 Å². The van der Waals surface area contributed by atoms with Crippen molar-refractivity contribution >= 4 is 17.6 Å². The minimum absolute atomic E-state index is 0.0600. The average Bonchev–Trinajstić information content (AvgIpc) is 3.01. The van der Waals surface area contributed by atoms with Gasteiger partial charge in [0.15, 0.2) is 0 Å². The number of aromatic nitrogens is 2. The van der Waals surface area contributed by atoms with Crippen molar-refractivity contribution in [3.63, 3.8) is 0 Å². The van der Waals surface area contributed by atoms with Crippen LogP contribution in [0.2, 0.25) is 0 Å². The van der Waals surface area contributed by atoms with Gasteiger partial charge in [0.2, 0.25) is 5.91 Å². The Labute approximate surface area is 161 Å². The first-order valence-electron chi connectivity index (χ1n) is 9.67. The number of carbonyl (C=O) groups excluding carboxylic acids is 2. The van der Waals surface area contributed by atoms with E-state index in [9.17, 15) is 9.59 Å². The summed E-state index contributed by atoms with van der Waals surface area (Å²) in [7, 11) is 0. The van der Waals surface area contributed by atoms with Crippen molar-refractivity contribution in [1.82, 2.24) is 15.1 Å². The quantitative estimate of drug-likeness (QED) is 0.698. The molecule has 1 unspecified atom stereocenters. The predicted octanol–water partition coefficient (Wildman–Crippen LogP) is 4.09. The largest absolute Gasteiger partial charge is 0.352 e. The van der Waals surface area contributed by atoms with E-state index in [1.54, 1.807) is 16.8 Å². The van der Waals surface area contributed by atoms with Gasteiger partial charge in [0.25, 0.3) is 5.91 Å². The maximum absolute atomic E-state index is 12.4. The van der Waals surface area contributed by atoms with Gasteiger partial charge in [0.05, 0.1) is 11.4 Å². The lowest BCUT2D eigenvalue weighted by Crippen LogP contribution is -2.29. The van der Waals surface area contributed by atoms with E-state index in [0.717, 1.165) is 24.2 Å². The van der Waals surface area contributed by atoms with Crippen molar-refractivity contribution in [3.05, 3.63) is 41.6 Å². The Balaban J connectivity index is 2.04. The Hall–Kier alpha value is -2.63. The number of anilines is 1. The first kappa shape index (κ1) is 20.7. The van der Waals surface area contributed by atoms with Crippen LogP contribution in [0.1, 0.15) is 62.5 Å². The highest BCUT2D eigenvalue weighted by Gasteiger charge is 2.12. The highest BCUT2D eigenvalue weighted by Crippen LogP contribution is 2.18. The third-order valence-corrected chi connectivity index (χ3v) is 4.60. The van der Waals surface area contributed by atoms with Crippen LogP contribution in [0.4, 0.5) is 5.82 Å². The topological polar surface area (TPSA) is 76.0 Å². The van der Waals surface area contributed by atoms with Gasteiger partial charge in [0, 0.05) is 25.1 Å². The fourth-order valence-electron chi connectivity index (χ4n) is 3.00. The third kappa shape index (κ3) is 5.94. The maximum atomic E-state index is 12.4. The summed E-state index contributed by atoms with van der Waals surface area (Å²) < 4.78 is 1.66. The average molecular weight is 370 g/mol. The number of hydrogen-bond donors (Lipinski definition) is 2. The molecule has 2 rings (SSSR count). The molecule has 2 aromatic rings. The van der Waals surface area contributed by atoms with Gasteiger partial charge < -0.3 is 10.6 Å². The number of unbranched alkanes of at least 4 members (excludes halogenated alkanes) is 1. The van der Waals surface area contributed by atoms with E-state index < -0.39 is 0 Å². The summed E-state index contributed by atoms with van der Waals surface area (Å²) in [5.41, 5.74) is 2.21. The Bertz CT molecular complexity index is 765. The van der Waals surface area contributed by atoms with Crippen LogP contribution in [0.3, 0.4) is 0 Å². The van der Waals surface area contributed by atoms with Crippen LogP contribution in [-0.2, 0) is 4.79 Å². The van der Waals surface area contributed by atoms with E-state index in [4.69, 9.17) is 0 Å². The van der Waals surface area contributed by atoms with Crippen molar-refractivity contribution in [1.29, 1.82) is 0 Å². The zero-order valence-corrected chi connectivity index (χ0v) is 16.7. The second-order valence-electron chi connectivity index (χ2n) is 6.94. The lowest BCUT2D eigenvalue weighted by atomic mass is 9.99. The standard InChI is InChI=1S/C21H30N4O2/c1-5-7-8-17(6-2)14-22-21(27)18-9-11-19(12-10-18)25-20(23-16(4)26)13-15(3)24-25/h9-13,17H,5-8,14H2,1-4H3,(H,22,27)(H,23,26). The summed E-state index contributed by atoms with van der Waals surface area (Å²) in [5.74, 6) is 0.926. The molecule has 6 heteroatoms. The normalized spacial score (nSPS) is 11.9. The Morgan fingerprint density at radius 2 is 1.89 bits per heavy atom. The number of nitrogens with zero attached hydrogens (tertiary/aromatic N) is 2. The Morgan fingerprint density at radius 1 is 1.19 bits per heavy atom. The number of hydrogen-bond acceptors (Lipinski definition) is 3. The molecule has 1 atom stereocenters. The second-order valence-corrected chi connectivity index (χ2v) is 6.94. The molecule has 2 amide bonds. The zero-order valence-electron chi connectivity index (χ0n) is 16.7. The summed E-state index contributed by atoms with van der Waals surface area (Å²) in [6, 6.07) is 9.05. The third-order valence-electron chi connectivity index (χ3n) is 4.60. The molecule has 0 saturated heterocycles. The molecule has 0 bridgehead atoms. The van der Waals surface area contributed by atoms with E-state index in [-0.39, 0.29) is 11.8 Å². The first-order chi connectivity index (χ1) is 12.9. The number of amides is 2. The van der Waals surface area contributed by atoms with Crippen LogP contribution < -0.4 is 10.6 Å². The molecule has 1 aromatic carbocycles. The molecular weight excluding hydrogens is 340 g/mol. The van der Waals surface area contributed by atoms with Gasteiger partial charge in [-0.15, -0.1) is 0 Å². The van der Waals surface area contributed by atoms with Crippen LogP contribution in [0.25, 0.3) is 5.69 Å². The fraction of sp³-hybridized carbons (Fsp3) is 0.476. The number of aryl methyl sites for hydroxylation is 1. The van der Waals surface area contributed by atoms with Gasteiger partial charge in [0.1, 0.15) is 5.82 Å². The smallest absolute Gasteiger partial charge is 0.251 e. The highest BCUT2D eigenvalue weighted by molar-refractivity contribution is 5.94. The van der Waals surface area contributed by atoms with Crippen LogP contribution in [0, 0.1) is 12.8 Å². The molecule has 6 nitrogen and oxygen atoms in total. The van der Waals surface area contributed by atoms with Gasteiger partial charge in [-0.25, -0.2) is 4.68 Å². The molecule has 0 radical (unpaired) electrons. The minimum atomic E-state index is -0.152. The molecule has 0 aliphatic rings. The van der Waals surface area contributed by atoms with Crippen LogP contribution in [0.5, 0.6) is 0 Å². The van der Waals surface area contributed by atoms with Crippen LogP contribution in [0.15, 0.2) is 30.3 Å². The lowest BCUT2D eigenvalue weighted by molar-refractivity contribution is -0.114. The summed E-state index contributed by atoms with van der Waals surface area (Å²) in [6.45, 7) is 8.39. The van der Waals surface area contributed by atoms with Gasteiger partial charge in [-0.05, 0) is 43.5 Å². The van der Waals surface area contributed by atoms with Crippen molar-refractivity contribution < 1.29 is 9.59 Å². The minimum Gasteiger partial charge on any atom is -0.352 e. The molecule has 1 heterocycles. The van der Waals surface area contributed by atoms with E-state index in [2.05, 4.69) is 29.6 Å². The van der Waals surface area contributed by atoms with Gasteiger partial charge in [-0.2, -0.15) is 5.10 Å². The SMILES string of the molecule is CCCCC(CC)CNC(=O)c1ccc(-n2nc(C)cc2NC(C)=O)cc1. The molecule has 0 spiro atoms. The summed E-state index contributed by atoms with van der Waals surface area (Å²) in [5, 5.41) is 10.2. The zero-order chi connectivity index (χ0) is 19.8. The van der Waals surface area contributed by atoms with Gasteiger partial charge in [-0.3, -0.25) is 9.59 Å². The van der Waals surface area contributed by atoms with Crippen molar-refractivity contribution in [3.8, 4) is 5.69 Å². The number of carbonyl (C=O) groups is 2. The number of rotatable bonds is 9.